The molecule has 94 valence electrons. The van der Waals surface area contributed by atoms with Crippen LogP contribution in [-0.2, 0) is 9.84 Å². The van der Waals surface area contributed by atoms with Crippen LogP contribution in [0.2, 0.25) is 0 Å². The summed E-state index contributed by atoms with van der Waals surface area (Å²) in [4.78, 5) is 10.1. The number of sulfone groups is 1. The molecule has 0 aliphatic rings. The normalized spacial score (nSPS) is 11.3. The first kappa shape index (κ1) is 13.9. The Morgan fingerprint density at radius 2 is 2.17 bits per heavy atom. The maximum absolute atomic E-state index is 11.3. The molecule has 0 atom stereocenters. The van der Waals surface area contributed by atoms with E-state index in [-0.39, 0.29) is 22.6 Å². The Kier molecular flexibility index (Phi) is 4.18. The molecule has 0 bridgehead atoms. The van der Waals surface area contributed by atoms with Gasteiger partial charge in [-0.2, -0.15) is 5.26 Å². The summed E-state index contributed by atoms with van der Waals surface area (Å²) in [7, 11) is -3.48. The Labute approximate surface area is 104 Å². The highest BCUT2D eigenvalue weighted by Crippen LogP contribution is 2.24. The third-order valence-electron chi connectivity index (χ3n) is 2.13. The minimum atomic E-state index is -3.48. The highest BCUT2D eigenvalue weighted by molar-refractivity contribution is 7.90. The topological polar surface area (TPSA) is 101 Å². The van der Waals surface area contributed by atoms with E-state index in [2.05, 4.69) is 0 Å². The molecule has 0 saturated heterocycles. The average molecular weight is 266 g/mol. The van der Waals surface area contributed by atoms with Gasteiger partial charge < -0.3 is 0 Å². The summed E-state index contributed by atoms with van der Waals surface area (Å²) in [6.07, 6.45) is 4.01. The zero-order chi connectivity index (χ0) is 13.8. The highest BCUT2D eigenvalue weighted by Gasteiger charge is 2.16. The van der Waals surface area contributed by atoms with Gasteiger partial charge in [0.15, 0.2) is 9.84 Å². The van der Waals surface area contributed by atoms with Gasteiger partial charge in [-0.25, -0.2) is 8.42 Å². The fourth-order valence-corrected chi connectivity index (χ4v) is 1.93. The van der Waals surface area contributed by atoms with Crippen LogP contribution >= 0.6 is 0 Å². The number of hydrogen-bond acceptors (Lipinski definition) is 5. The Morgan fingerprint density at radius 1 is 1.50 bits per heavy atom. The second-order valence-electron chi connectivity index (χ2n) is 3.51. The minimum Gasteiger partial charge on any atom is -0.258 e. The van der Waals surface area contributed by atoms with E-state index in [0.29, 0.717) is 0 Å². The fraction of sp³-hybridized carbons (Fsp3) is 0.182. The average Bonchev–Trinajstić information content (AvgIpc) is 2.28. The SMILES string of the molecule is CS(=O)(=O)c1ccc(C=CCC#N)c([N+](=O)[O-])c1. The molecule has 0 aliphatic carbocycles. The lowest BCUT2D eigenvalue weighted by Crippen LogP contribution is -1.99. The number of benzene rings is 1. The van der Waals surface area contributed by atoms with Gasteiger partial charge in [0.25, 0.3) is 5.69 Å². The van der Waals surface area contributed by atoms with Crippen molar-refractivity contribution in [2.75, 3.05) is 6.26 Å². The largest absolute Gasteiger partial charge is 0.277 e. The second-order valence-corrected chi connectivity index (χ2v) is 5.53. The van der Waals surface area contributed by atoms with Gasteiger partial charge in [0.05, 0.1) is 27.9 Å². The molecule has 0 unspecified atom stereocenters. The Balaban J connectivity index is 3.31. The standard InChI is InChI=1S/C11H10N2O4S/c1-18(16,17)10-6-5-9(4-2-3-7-12)11(8-10)13(14)15/h2,4-6,8H,3H2,1H3. The van der Waals surface area contributed by atoms with Crippen molar-refractivity contribution in [2.24, 2.45) is 0 Å². The Hall–Kier alpha value is -2.20. The molecule has 6 nitrogen and oxygen atoms in total. The van der Waals surface area contributed by atoms with Crippen molar-refractivity contribution in [1.29, 1.82) is 5.26 Å². The first-order valence-electron chi connectivity index (χ1n) is 4.88. The molecule has 0 spiro atoms. The molecular formula is C11H10N2O4S. The molecule has 7 heteroatoms. The van der Waals surface area contributed by atoms with Crippen molar-refractivity contribution in [2.45, 2.75) is 11.3 Å². The summed E-state index contributed by atoms with van der Waals surface area (Å²) in [5.74, 6) is 0. The quantitative estimate of drug-likeness (QED) is 0.612. The minimum absolute atomic E-state index is 0.105. The third kappa shape index (κ3) is 3.40. The predicted octanol–water partition coefficient (Wildman–Crippen LogP) is 1.93. The molecule has 0 fully saturated rings. The summed E-state index contributed by atoms with van der Waals surface area (Å²) >= 11 is 0. The lowest BCUT2D eigenvalue weighted by atomic mass is 10.1. The van der Waals surface area contributed by atoms with E-state index in [9.17, 15) is 18.5 Å². The van der Waals surface area contributed by atoms with Gasteiger partial charge in [0, 0.05) is 12.3 Å². The van der Waals surface area contributed by atoms with Crippen molar-refractivity contribution < 1.29 is 13.3 Å². The molecule has 0 aromatic heterocycles. The fourth-order valence-electron chi connectivity index (χ4n) is 1.29. The van der Waals surface area contributed by atoms with Crippen LogP contribution < -0.4 is 0 Å². The van der Waals surface area contributed by atoms with Crippen LogP contribution in [0.3, 0.4) is 0 Å². The second kappa shape index (κ2) is 5.42. The first-order valence-corrected chi connectivity index (χ1v) is 6.77. The van der Waals surface area contributed by atoms with Crippen molar-refractivity contribution in [1.82, 2.24) is 0 Å². The van der Waals surface area contributed by atoms with E-state index in [0.717, 1.165) is 12.3 Å². The van der Waals surface area contributed by atoms with E-state index in [1.165, 1.54) is 24.3 Å². The van der Waals surface area contributed by atoms with Crippen molar-refractivity contribution >= 4 is 21.6 Å². The van der Waals surface area contributed by atoms with Gasteiger partial charge >= 0.3 is 0 Å². The number of rotatable bonds is 4. The van der Waals surface area contributed by atoms with Crippen LogP contribution in [-0.4, -0.2) is 19.6 Å². The molecule has 0 heterocycles. The van der Waals surface area contributed by atoms with Crippen molar-refractivity contribution in [3.05, 3.63) is 40.0 Å². The summed E-state index contributed by atoms with van der Waals surface area (Å²) in [6.45, 7) is 0. The predicted molar refractivity (Wildman–Crippen MR) is 65.5 cm³/mol. The molecule has 1 aromatic carbocycles. The van der Waals surface area contributed by atoms with Crippen LogP contribution in [0.15, 0.2) is 29.2 Å². The monoisotopic (exact) mass is 266 g/mol. The number of nitriles is 1. The summed E-state index contributed by atoms with van der Waals surface area (Å²) in [5.41, 5.74) is -0.0326. The van der Waals surface area contributed by atoms with E-state index in [1.807, 2.05) is 6.07 Å². The first-order chi connectivity index (χ1) is 8.36. The van der Waals surface area contributed by atoms with E-state index in [4.69, 9.17) is 5.26 Å². The zero-order valence-electron chi connectivity index (χ0n) is 9.53. The molecule has 0 aliphatic heterocycles. The maximum atomic E-state index is 11.3. The molecule has 1 rings (SSSR count). The van der Waals surface area contributed by atoms with E-state index >= 15 is 0 Å². The Bertz CT molecular complexity index is 641. The summed E-state index contributed by atoms with van der Waals surface area (Å²) < 4.78 is 22.6. The molecular weight excluding hydrogens is 256 g/mol. The van der Waals surface area contributed by atoms with E-state index in [1.54, 1.807) is 0 Å². The molecule has 0 amide bonds. The van der Waals surface area contributed by atoms with Crippen LogP contribution in [0.25, 0.3) is 6.08 Å². The zero-order valence-corrected chi connectivity index (χ0v) is 10.3. The van der Waals surface area contributed by atoms with Crippen molar-refractivity contribution in [3.8, 4) is 6.07 Å². The number of hydrogen-bond donors (Lipinski definition) is 0. The van der Waals surface area contributed by atoms with Gasteiger partial charge in [0.2, 0.25) is 0 Å². The lowest BCUT2D eigenvalue weighted by molar-refractivity contribution is -0.385. The van der Waals surface area contributed by atoms with Gasteiger partial charge in [-0.05, 0) is 12.1 Å². The van der Waals surface area contributed by atoms with Crippen LogP contribution in [0.4, 0.5) is 5.69 Å². The van der Waals surface area contributed by atoms with E-state index < -0.39 is 14.8 Å². The Morgan fingerprint density at radius 3 is 2.67 bits per heavy atom. The summed E-state index contributed by atoms with van der Waals surface area (Å²) in [6, 6.07) is 5.53. The van der Waals surface area contributed by atoms with Gasteiger partial charge in [-0.3, -0.25) is 10.1 Å². The third-order valence-corrected chi connectivity index (χ3v) is 3.24. The van der Waals surface area contributed by atoms with Gasteiger partial charge in [0.1, 0.15) is 0 Å². The van der Waals surface area contributed by atoms with Gasteiger partial charge in [-0.15, -0.1) is 0 Å². The smallest absolute Gasteiger partial charge is 0.258 e. The number of nitrogens with zero attached hydrogens (tertiary/aromatic N) is 2. The number of nitro benzene ring substituents is 1. The lowest BCUT2D eigenvalue weighted by Gasteiger charge is -2.01. The summed E-state index contributed by atoms with van der Waals surface area (Å²) in [5, 5.41) is 19.2. The van der Waals surface area contributed by atoms with Crippen LogP contribution in [0.1, 0.15) is 12.0 Å². The number of nitro groups is 1. The van der Waals surface area contributed by atoms with Crippen LogP contribution in [0, 0.1) is 21.4 Å². The van der Waals surface area contributed by atoms with Crippen LogP contribution in [0.5, 0.6) is 0 Å². The van der Waals surface area contributed by atoms with Gasteiger partial charge in [-0.1, -0.05) is 12.2 Å². The molecule has 0 radical (unpaired) electrons. The molecule has 18 heavy (non-hydrogen) atoms. The molecule has 0 N–H and O–H groups in total. The maximum Gasteiger partial charge on any atom is 0.277 e. The number of allylic oxidation sites excluding steroid dienone is 1. The van der Waals surface area contributed by atoms with Crippen molar-refractivity contribution in [3.63, 3.8) is 0 Å². The highest BCUT2D eigenvalue weighted by atomic mass is 32.2. The molecule has 1 aromatic rings. The molecule has 0 saturated carbocycles.